The molecule has 1 saturated carbocycles. The molecule has 2 amide bonds. The van der Waals surface area contributed by atoms with E-state index >= 15 is 0 Å². The van der Waals surface area contributed by atoms with Crippen LogP contribution in [-0.2, 0) is 4.79 Å². The number of hydrogen-bond acceptors (Lipinski definition) is 5. The molecule has 1 unspecified atom stereocenters. The van der Waals surface area contributed by atoms with Crippen molar-refractivity contribution in [3.8, 4) is 6.07 Å². The fraction of sp³-hybridized carbons (Fsp3) is 0.474. The molecule has 0 aromatic carbocycles. The predicted molar refractivity (Wildman–Crippen MR) is 107 cm³/mol. The number of fused-ring (bicyclic) bond motifs is 1. The van der Waals surface area contributed by atoms with E-state index in [-0.39, 0.29) is 17.4 Å². The van der Waals surface area contributed by atoms with E-state index in [0.29, 0.717) is 37.2 Å². The lowest BCUT2D eigenvalue weighted by atomic mass is 9.87. The van der Waals surface area contributed by atoms with Crippen molar-refractivity contribution in [2.75, 3.05) is 18.4 Å². The normalized spacial score (nSPS) is 22.0. The third kappa shape index (κ3) is 2.80. The zero-order valence-corrected chi connectivity index (χ0v) is 16.3. The summed E-state index contributed by atoms with van der Waals surface area (Å²) in [4.78, 5) is 26.6. The molecule has 2 fully saturated rings. The topological polar surface area (TPSA) is 117 Å². The smallest absolute Gasteiger partial charge is 0.252 e. The van der Waals surface area contributed by atoms with Gasteiger partial charge in [0.1, 0.15) is 13.3 Å². The molecule has 0 radical (unpaired) electrons. The average Bonchev–Trinajstić information content (AvgIpc) is 3.25. The van der Waals surface area contributed by atoms with Crippen molar-refractivity contribution in [3.63, 3.8) is 0 Å². The molecule has 8 nitrogen and oxygen atoms in total. The molecular weight excluding hydrogens is 355 g/mol. The maximum absolute atomic E-state index is 12.8. The van der Waals surface area contributed by atoms with Gasteiger partial charge in [0.05, 0.1) is 35.1 Å². The highest BCUT2D eigenvalue weighted by atomic mass is 16.2. The lowest BCUT2D eigenvalue weighted by Gasteiger charge is -2.28. The second kappa shape index (κ2) is 5.99. The molecule has 1 saturated heterocycles. The van der Waals surface area contributed by atoms with Crippen LogP contribution >= 0.6 is 0 Å². The number of hydrogen-bond donors (Lipinski definition) is 2. The summed E-state index contributed by atoms with van der Waals surface area (Å²) in [5.74, 6) is -0.637. The Labute approximate surface area is 164 Å². The van der Waals surface area contributed by atoms with E-state index in [9.17, 15) is 14.9 Å². The van der Waals surface area contributed by atoms with Gasteiger partial charge in [-0.2, -0.15) is 10.4 Å². The van der Waals surface area contributed by atoms with Crippen molar-refractivity contribution in [1.29, 1.82) is 5.26 Å². The SMILES string of the molecule is Bc1cc2c(NC3CN(C(=O)C4(C#N)CC4)CC3(C)C)c(C(N)=O)cnn2c1. The van der Waals surface area contributed by atoms with Gasteiger partial charge in [-0.25, -0.2) is 4.52 Å². The molecule has 3 N–H and O–H groups in total. The van der Waals surface area contributed by atoms with Gasteiger partial charge in [0.25, 0.3) is 5.91 Å². The number of carbonyl (C=O) groups excluding carboxylic acids is 2. The first-order valence-corrected chi connectivity index (χ1v) is 9.42. The van der Waals surface area contributed by atoms with Gasteiger partial charge in [-0.15, -0.1) is 0 Å². The third-order valence-corrected chi connectivity index (χ3v) is 5.96. The summed E-state index contributed by atoms with van der Waals surface area (Å²) >= 11 is 0. The van der Waals surface area contributed by atoms with Gasteiger partial charge in [-0.1, -0.05) is 19.3 Å². The van der Waals surface area contributed by atoms with Crippen molar-refractivity contribution in [3.05, 3.63) is 24.0 Å². The Morgan fingerprint density at radius 1 is 1.43 bits per heavy atom. The number of carbonyl (C=O) groups is 2. The average molecular weight is 378 g/mol. The summed E-state index contributed by atoms with van der Waals surface area (Å²) < 4.78 is 1.71. The van der Waals surface area contributed by atoms with Gasteiger partial charge in [0.2, 0.25) is 5.91 Å². The van der Waals surface area contributed by atoms with Gasteiger partial charge in [-0.05, 0) is 18.9 Å². The number of anilines is 1. The Hall–Kier alpha value is -3.02. The summed E-state index contributed by atoms with van der Waals surface area (Å²) in [7, 11) is 1.96. The molecule has 0 spiro atoms. The summed E-state index contributed by atoms with van der Waals surface area (Å²) in [5, 5.41) is 17.1. The van der Waals surface area contributed by atoms with Crippen LogP contribution in [0.4, 0.5) is 5.69 Å². The minimum atomic E-state index is -0.827. The van der Waals surface area contributed by atoms with Crippen LogP contribution in [-0.4, -0.2) is 53.3 Å². The lowest BCUT2D eigenvalue weighted by Crippen LogP contribution is -2.37. The van der Waals surface area contributed by atoms with Crippen LogP contribution in [0.15, 0.2) is 18.5 Å². The standard InChI is InChI=1S/C19H23BN6O2/c1-18(2)10-25(17(28)19(9-21)3-4-19)8-14(18)24-15-12(16(22)27)6-23-26-7-11(20)5-13(15)26/h5-7,14,24H,3-4,8,10,20H2,1-2H3,(H2,22,27). The van der Waals surface area contributed by atoms with Crippen LogP contribution < -0.4 is 16.5 Å². The predicted octanol–water partition coefficient (Wildman–Crippen LogP) is -0.356. The van der Waals surface area contributed by atoms with Crippen molar-refractivity contribution in [1.82, 2.24) is 14.5 Å². The summed E-state index contributed by atoms with van der Waals surface area (Å²) in [6.07, 6.45) is 4.62. The molecule has 4 rings (SSSR count). The Balaban J connectivity index is 1.67. The Morgan fingerprint density at radius 2 is 2.14 bits per heavy atom. The van der Waals surface area contributed by atoms with Crippen molar-refractivity contribution < 1.29 is 9.59 Å². The van der Waals surface area contributed by atoms with E-state index in [4.69, 9.17) is 5.73 Å². The molecule has 9 heteroatoms. The zero-order chi connectivity index (χ0) is 20.3. The number of nitrogens with zero attached hydrogens (tertiary/aromatic N) is 4. The van der Waals surface area contributed by atoms with Crippen LogP contribution in [0.3, 0.4) is 0 Å². The molecule has 1 atom stereocenters. The zero-order valence-electron chi connectivity index (χ0n) is 16.3. The quantitative estimate of drug-likeness (QED) is 0.705. The second-order valence-corrected chi connectivity index (χ2v) is 8.71. The first-order chi connectivity index (χ1) is 13.2. The van der Waals surface area contributed by atoms with E-state index in [0.717, 1.165) is 11.0 Å². The summed E-state index contributed by atoms with van der Waals surface area (Å²) in [5.41, 5.74) is 7.26. The number of nitrogens with one attached hydrogen (secondary N) is 1. The molecule has 0 bridgehead atoms. The van der Waals surface area contributed by atoms with Gasteiger partial charge in [0.15, 0.2) is 0 Å². The minimum absolute atomic E-state index is 0.0825. The molecular formula is C19H23BN6O2. The Kier molecular flexibility index (Phi) is 3.93. The summed E-state index contributed by atoms with van der Waals surface area (Å²) in [6.45, 7) is 5.19. The monoisotopic (exact) mass is 378 g/mol. The number of nitriles is 1. The van der Waals surface area contributed by atoms with Crippen molar-refractivity contribution in [2.45, 2.75) is 32.7 Å². The second-order valence-electron chi connectivity index (χ2n) is 8.71. The molecule has 2 aliphatic rings. The lowest BCUT2D eigenvalue weighted by molar-refractivity contribution is -0.134. The highest BCUT2D eigenvalue weighted by Gasteiger charge is 2.55. The van der Waals surface area contributed by atoms with Gasteiger partial charge < -0.3 is 16.0 Å². The fourth-order valence-electron chi connectivity index (χ4n) is 4.03. The van der Waals surface area contributed by atoms with E-state index in [1.165, 1.54) is 6.20 Å². The molecule has 2 aromatic heterocycles. The van der Waals surface area contributed by atoms with E-state index < -0.39 is 11.3 Å². The third-order valence-electron chi connectivity index (χ3n) is 5.96. The van der Waals surface area contributed by atoms with Crippen molar-refractivity contribution in [2.24, 2.45) is 16.6 Å². The largest absolute Gasteiger partial charge is 0.377 e. The number of amides is 2. The van der Waals surface area contributed by atoms with Crippen molar-refractivity contribution >= 4 is 36.3 Å². The Bertz CT molecular complexity index is 1030. The minimum Gasteiger partial charge on any atom is -0.377 e. The maximum atomic E-state index is 12.8. The number of likely N-dealkylation sites (tertiary alicyclic amines) is 1. The number of rotatable bonds is 4. The highest BCUT2D eigenvalue weighted by Crippen LogP contribution is 2.48. The van der Waals surface area contributed by atoms with Gasteiger partial charge >= 0.3 is 0 Å². The highest BCUT2D eigenvalue weighted by molar-refractivity contribution is 6.33. The molecule has 144 valence electrons. The number of aromatic nitrogens is 2. The number of nitrogens with two attached hydrogens (primary N) is 1. The summed E-state index contributed by atoms with van der Waals surface area (Å²) in [6, 6.07) is 4.04. The first-order valence-electron chi connectivity index (χ1n) is 9.42. The van der Waals surface area contributed by atoms with Gasteiger partial charge in [-0.3, -0.25) is 9.59 Å². The number of primary amides is 1. The molecule has 2 aromatic rings. The van der Waals surface area contributed by atoms with E-state index in [1.54, 1.807) is 9.42 Å². The molecule has 1 aliphatic heterocycles. The van der Waals surface area contributed by atoms with E-state index in [1.807, 2.05) is 20.1 Å². The van der Waals surface area contributed by atoms with E-state index in [2.05, 4.69) is 30.3 Å². The van der Waals surface area contributed by atoms with Gasteiger partial charge in [0, 0.05) is 24.7 Å². The van der Waals surface area contributed by atoms with Crippen LogP contribution in [0.2, 0.25) is 0 Å². The van der Waals surface area contributed by atoms with Crippen LogP contribution in [0.25, 0.3) is 5.52 Å². The van der Waals surface area contributed by atoms with Crippen LogP contribution in [0.1, 0.15) is 37.0 Å². The first kappa shape index (κ1) is 18.4. The maximum Gasteiger partial charge on any atom is 0.252 e. The fourth-order valence-corrected chi connectivity index (χ4v) is 4.03. The molecule has 28 heavy (non-hydrogen) atoms. The van der Waals surface area contributed by atoms with Crippen LogP contribution in [0.5, 0.6) is 0 Å². The van der Waals surface area contributed by atoms with Crippen LogP contribution in [0, 0.1) is 22.2 Å². The molecule has 1 aliphatic carbocycles. The Morgan fingerprint density at radius 3 is 2.75 bits per heavy atom. The molecule has 3 heterocycles.